The SMILES string of the molecule is CN1CCC(Nc2cccc(C(=O)C[C@H]3COc4c3ccc(Cl)c4Cl)c2)(c2nc(-c3ccncc3)n[nH]2)CC1. The molecule has 4 aromatic rings. The molecule has 2 aliphatic heterocycles. The van der Waals surface area contributed by atoms with Gasteiger partial charge in [0.2, 0.25) is 0 Å². The molecule has 0 bridgehead atoms. The van der Waals surface area contributed by atoms with Crippen molar-refractivity contribution >= 4 is 34.7 Å². The Balaban J connectivity index is 1.24. The first kappa shape index (κ1) is 25.8. The molecule has 2 N–H and O–H groups in total. The highest BCUT2D eigenvalue weighted by molar-refractivity contribution is 6.43. The van der Waals surface area contributed by atoms with Crippen molar-refractivity contribution in [3.8, 4) is 17.1 Å². The number of ketones is 1. The summed E-state index contributed by atoms with van der Waals surface area (Å²) in [5, 5.41) is 12.3. The van der Waals surface area contributed by atoms with Gasteiger partial charge in [0.1, 0.15) is 10.8 Å². The van der Waals surface area contributed by atoms with E-state index >= 15 is 0 Å². The van der Waals surface area contributed by atoms with Crippen molar-refractivity contribution in [2.75, 3.05) is 32.1 Å². The summed E-state index contributed by atoms with van der Waals surface area (Å²) in [6.07, 6.45) is 5.47. The van der Waals surface area contributed by atoms with Crippen LogP contribution in [0.4, 0.5) is 5.69 Å². The fourth-order valence-electron chi connectivity index (χ4n) is 5.37. The summed E-state index contributed by atoms with van der Waals surface area (Å²) >= 11 is 12.4. The molecule has 0 radical (unpaired) electrons. The van der Waals surface area contributed by atoms with Gasteiger partial charge in [-0.15, -0.1) is 0 Å². The third-order valence-corrected chi connectivity index (χ3v) is 8.45. The number of nitrogens with one attached hydrogen (secondary N) is 2. The van der Waals surface area contributed by atoms with E-state index in [0.29, 0.717) is 40.2 Å². The summed E-state index contributed by atoms with van der Waals surface area (Å²) < 4.78 is 5.78. The summed E-state index contributed by atoms with van der Waals surface area (Å²) in [6.45, 7) is 2.22. The Morgan fingerprint density at radius 3 is 2.74 bits per heavy atom. The molecule has 8 nitrogen and oxygen atoms in total. The molecule has 0 unspecified atom stereocenters. The van der Waals surface area contributed by atoms with Gasteiger partial charge in [0, 0.05) is 60.2 Å². The Bertz CT molecular complexity index is 1500. The van der Waals surface area contributed by atoms with Crippen LogP contribution in [0.1, 0.15) is 46.9 Å². The van der Waals surface area contributed by atoms with Gasteiger partial charge in [0.25, 0.3) is 0 Å². The molecule has 4 heterocycles. The highest BCUT2D eigenvalue weighted by atomic mass is 35.5. The average molecular weight is 563 g/mol. The predicted molar refractivity (Wildman–Crippen MR) is 152 cm³/mol. The minimum Gasteiger partial charge on any atom is -0.491 e. The Morgan fingerprint density at radius 2 is 1.95 bits per heavy atom. The van der Waals surface area contributed by atoms with Gasteiger partial charge >= 0.3 is 0 Å². The Hall–Kier alpha value is -3.46. The number of aromatic amines is 1. The summed E-state index contributed by atoms with van der Waals surface area (Å²) in [5.74, 6) is 1.98. The maximum Gasteiger partial charge on any atom is 0.181 e. The van der Waals surface area contributed by atoms with Crippen LogP contribution in [-0.2, 0) is 5.54 Å². The predicted octanol–water partition coefficient (Wildman–Crippen LogP) is 5.96. The zero-order chi connectivity index (χ0) is 27.0. The van der Waals surface area contributed by atoms with Crippen LogP contribution in [0.15, 0.2) is 60.9 Å². The molecule has 200 valence electrons. The standard InChI is InChI=1S/C29H28Cl2N6O2/c1-37-13-9-29(10-14-37,28-33-27(35-36-28)18-7-11-32-12-8-18)34-21-4-2-3-19(15-21)24(38)16-20-17-39-26-22(20)5-6-23(30)25(26)31/h2-8,11-12,15,20,34H,9-10,13-14,16-17H2,1H3,(H,33,35,36)/t20-/m0/s1. The van der Waals surface area contributed by atoms with E-state index in [1.165, 1.54) is 0 Å². The van der Waals surface area contributed by atoms with Gasteiger partial charge in [0.05, 0.1) is 17.2 Å². The van der Waals surface area contributed by atoms with Crippen LogP contribution < -0.4 is 10.1 Å². The quantitative estimate of drug-likeness (QED) is 0.268. The number of carbonyl (C=O) groups is 1. The van der Waals surface area contributed by atoms with Crippen molar-refractivity contribution in [3.05, 3.63) is 87.9 Å². The van der Waals surface area contributed by atoms with Crippen LogP contribution in [-0.4, -0.2) is 57.6 Å². The number of hydrogen-bond acceptors (Lipinski definition) is 7. The summed E-state index contributed by atoms with van der Waals surface area (Å²) in [6, 6.07) is 15.1. The first-order chi connectivity index (χ1) is 18.9. The van der Waals surface area contributed by atoms with E-state index < -0.39 is 5.54 Å². The molecular formula is C29H28Cl2N6O2. The van der Waals surface area contributed by atoms with E-state index in [2.05, 4.69) is 32.4 Å². The van der Waals surface area contributed by atoms with Gasteiger partial charge in [-0.05, 0) is 50.2 Å². The molecule has 0 saturated carbocycles. The maximum absolute atomic E-state index is 13.4. The second kappa shape index (κ2) is 10.6. The number of halogens is 2. The number of Topliss-reactive ketones (excluding diaryl/α,β-unsaturated/α-hetero) is 1. The third kappa shape index (κ3) is 5.12. The largest absolute Gasteiger partial charge is 0.491 e. The van der Waals surface area contributed by atoms with Crippen molar-refractivity contribution in [1.29, 1.82) is 0 Å². The Morgan fingerprint density at radius 1 is 1.15 bits per heavy atom. The number of nitrogens with zero attached hydrogens (tertiary/aromatic N) is 4. The van der Waals surface area contributed by atoms with E-state index in [1.807, 2.05) is 42.5 Å². The molecule has 0 amide bonds. The number of anilines is 1. The van der Waals surface area contributed by atoms with Crippen LogP contribution in [0.5, 0.6) is 5.75 Å². The van der Waals surface area contributed by atoms with Gasteiger partial charge in [-0.25, -0.2) is 4.98 Å². The van der Waals surface area contributed by atoms with E-state index in [1.54, 1.807) is 18.5 Å². The smallest absolute Gasteiger partial charge is 0.181 e. The number of piperidine rings is 1. The monoisotopic (exact) mass is 562 g/mol. The molecule has 0 aliphatic carbocycles. The van der Waals surface area contributed by atoms with E-state index in [9.17, 15) is 4.79 Å². The molecule has 1 fully saturated rings. The van der Waals surface area contributed by atoms with Gasteiger partial charge in [-0.1, -0.05) is 41.4 Å². The second-order valence-corrected chi connectivity index (χ2v) is 11.0. The van der Waals surface area contributed by atoms with Crippen molar-refractivity contribution in [2.24, 2.45) is 0 Å². The highest BCUT2D eigenvalue weighted by Gasteiger charge is 2.39. The number of aromatic nitrogens is 4. The van der Waals surface area contributed by atoms with E-state index in [0.717, 1.165) is 48.6 Å². The lowest BCUT2D eigenvalue weighted by atomic mass is 9.86. The highest BCUT2D eigenvalue weighted by Crippen LogP contribution is 2.44. The number of hydrogen-bond donors (Lipinski definition) is 2. The molecule has 0 spiro atoms. The van der Waals surface area contributed by atoms with Gasteiger partial charge in [-0.2, -0.15) is 5.10 Å². The fourth-order valence-corrected chi connectivity index (χ4v) is 5.75. The molecular weight excluding hydrogens is 535 g/mol. The van der Waals surface area contributed by atoms with Crippen LogP contribution in [0, 0.1) is 0 Å². The topological polar surface area (TPSA) is 96.0 Å². The number of H-pyrrole nitrogens is 1. The van der Waals surface area contributed by atoms with Gasteiger partial charge in [-0.3, -0.25) is 14.9 Å². The normalized spacial score (nSPS) is 18.4. The molecule has 10 heteroatoms. The number of ether oxygens (including phenoxy) is 1. The van der Waals surface area contributed by atoms with Crippen molar-refractivity contribution in [3.63, 3.8) is 0 Å². The summed E-state index contributed by atoms with van der Waals surface area (Å²) in [4.78, 5) is 24.7. The summed E-state index contributed by atoms with van der Waals surface area (Å²) in [7, 11) is 2.12. The first-order valence-corrected chi connectivity index (χ1v) is 13.7. The lowest BCUT2D eigenvalue weighted by Gasteiger charge is -2.40. The molecule has 2 aliphatic rings. The molecule has 39 heavy (non-hydrogen) atoms. The molecule has 2 aromatic carbocycles. The maximum atomic E-state index is 13.4. The molecule has 2 aromatic heterocycles. The minimum atomic E-state index is -0.444. The number of benzene rings is 2. The number of fused-ring (bicyclic) bond motifs is 1. The fraction of sp³-hybridized carbons (Fsp3) is 0.310. The van der Waals surface area contributed by atoms with E-state index in [-0.39, 0.29) is 11.7 Å². The zero-order valence-corrected chi connectivity index (χ0v) is 23.0. The lowest BCUT2D eigenvalue weighted by molar-refractivity contribution is 0.0969. The Labute approximate surface area is 236 Å². The van der Waals surface area contributed by atoms with Crippen LogP contribution in [0.2, 0.25) is 10.0 Å². The number of rotatable bonds is 7. The van der Waals surface area contributed by atoms with Crippen LogP contribution in [0.3, 0.4) is 0 Å². The van der Waals surface area contributed by atoms with Crippen molar-refractivity contribution in [2.45, 2.75) is 30.7 Å². The number of carbonyl (C=O) groups excluding carboxylic acids is 1. The Kier molecular flexibility index (Phi) is 7.01. The first-order valence-electron chi connectivity index (χ1n) is 13.0. The average Bonchev–Trinajstić information content (AvgIpc) is 3.62. The second-order valence-electron chi connectivity index (χ2n) is 10.2. The number of likely N-dealkylation sites (tertiary alicyclic amines) is 1. The summed E-state index contributed by atoms with van der Waals surface area (Å²) in [5.41, 5.74) is 2.90. The molecule has 1 atom stereocenters. The minimum absolute atomic E-state index is 0.0447. The third-order valence-electron chi connectivity index (χ3n) is 7.67. The van der Waals surface area contributed by atoms with E-state index in [4.69, 9.17) is 32.9 Å². The van der Waals surface area contributed by atoms with Gasteiger partial charge < -0.3 is 15.0 Å². The number of pyridine rings is 1. The molecule has 1 saturated heterocycles. The zero-order valence-electron chi connectivity index (χ0n) is 21.5. The van der Waals surface area contributed by atoms with Crippen LogP contribution in [0.25, 0.3) is 11.4 Å². The van der Waals surface area contributed by atoms with Crippen molar-refractivity contribution < 1.29 is 9.53 Å². The van der Waals surface area contributed by atoms with Gasteiger partial charge in [0.15, 0.2) is 17.4 Å². The lowest BCUT2D eigenvalue weighted by Crippen LogP contribution is -2.46. The van der Waals surface area contributed by atoms with Crippen LogP contribution >= 0.6 is 23.2 Å². The van der Waals surface area contributed by atoms with Crippen molar-refractivity contribution in [1.82, 2.24) is 25.1 Å². The molecule has 6 rings (SSSR count).